The molecule has 2 aromatic rings. The van der Waals surface area contributed by atoms with Crippen molar-refractivity contribution < 1.29 is 19.0 Å². The Morgan fingerprint density at radius 3 is 2.70 bits per heavy atom. The maximum atomic E-state index is 12.7. The highest BCUT2D eigenvalue weighted by Crippen LogP contribution is 2.18. The van der Waals surface area contributed by atoms with Crippen molar-refractivity contribution in [1.29, 1.82) is 0 Å². The Balaban J connectivity index is 1.32. The van der Waals surface area contributed by atoms with E-state index in [0.717, 1.165) is 57.9 Å². The molecule has 1 atom stereocenters. The molecule has 2 aromatic carbocycles. The van der Waals surface area contributed by atoms with Gasteiger partial charge >= 0.3 is 0 Å². The average molecular weight is 411 g/mol. The summed E-state index contributed by atoms with van der Waals surface area (Å²) in [5, 5.41) is 3.05. The number of carbonyl (C=O) groups excluding carboxylic acids is 1. The number of rotatable bonds is 8. The molecule has 6 nitrogen and oxygen atoms in total. The Morgan fingerprint density at radius 1 is 1.07 bits per heavy atom. The lowest BCUT2D eigenvalue weighted by molar-refractivity contribution is 0.0340. The molecule has 2 aliphatic rings. The molecule has 0 radical (unpaired) electrons. The molecule has 6 heteroatoms. The molecule has 30 heavy (non-hydrogen) atoms. The van der Waals surface area contributed by atoms with Crippen LogP contribution in [0.25, 0.3) is 0 Å². The Labute approximate surface area is 178 Å². The van der Waals surface area contributed by atoms with Gasteiger partial charge in [0, 0.05) is 38.3 Å². The van der Waals surface area contributed by atoms with Gasteiger partial charge in [-0.1, -0.05) is 30.3 Å². The molecule has 0 spiro atoms. The summed E-state index contributed by atoms with van der Waals surface area (Å²) in [5.41, 5.74) is 2.99. The number of amides is 1. The fourth-order valence-corrected chi connectivity index (χ4v) is 3.85. The molecule has 160 valence electrons. The number of ether oxygens (including phenoxy) is 3. The summed E-state index contributed by atoms with van der Waals surface area (Å²) in [6.45, 7) is 6.17. The van der Waals surface area contributed by atoms with E-state index in [0.29, 0.717) is 24.5 Å². The molecule has 0 aromatic heterocycles. The van der Waals surface area contributed by atoms with Gasteiger partial charge in [-0.15, -0.1) is 0 Å². The second-order valence-electron chi connectivity index (χ2n) is 7.81. The summed E-state index contributed by atoms with van der Waals surface area (Å²) < 4.78 is 16.9. The quantitative estimate of drug-likeness (QED) is 0.725. The number of nitrogens with one attached hydrogen (secondary N) is 1. The van der Waals surface area contributed by atoms with Gasteiger partial charge in [0.25, 0.3) is 5.91 Å². The van der Waals surface area contributed by atoms with Crippen LogP contribution in [0.15, 0.2) is 48.5 Å². The Morgan fingerprint density at radius 2 is 1.90 bits per heavy atom. The minimum Gasteiger partial charge on any atom is -0.491 e. The zero-order valence-corrected chi connectivity index (χ0v) is 17.3. The van der Waals surface area contributed by atoms with Gasteiger partial charge in [-0.3, -0.25) is 9.69 Å². The monoisotopic (exact) mass is 410 g/mol. The molecule has 2 saturated heterocycles. The van der Waals surface area contributed by atoms with Gasteiger partial charge < -0.3 is 19.5 Å². The SMILES string of the molecule is O=C(NCc1ccccc1CN1CCOCC1)c1cccc(OC[C@@H]2CCCO2)c1. The van der Waals surface area contributed by atoms with Crippen molar-refractivity contribution in [3.8, 4) is 5.75 Å². The smallest absolute Gasteiger partial charge is 0.251 e. The zero-order valence-electron chi connectivity index (χ0n) is 17.3. The van der Waals surface area contributed by atoms with Gasteiger partial charge in [-0.05, 0) is 42.2 Å². The molecule has 1 N–H and O–H groups in total. The number of benzene rings is 2. The summed E-state index contributed by atoms with van der Waals surface area (Å²) in [7, 11) is 0. The summed E-state index contributed by atoms with van der Waals surface area (Å²) >= 11 is 0. The number of hydrogen-bond donors (Lipinski definition) is 1. The number of carbonyl (C=O) groups is 1. The lowest BCUT2D eigenvalue weighted by Gasteiger charge is -2.27. The molecule has 0 aliphatic carbocycles. The first kappa shape index (κ1) is 20.8. The number of morpholine rings is 1. The average Bonchev–Trinajstić information content (AvgIpc) is 3.32. The van der Waals surface area contributed by atoms with E-state index in [1.54, 1.807) is 6.07 Å². The summed E-state index contributed by atoms with van der Waals surface area (Å²) in [5.74, 6) is 0.601. The van der Waals surface area contributed by atoms with Crippen molar-refractivity contribution in [3.63, 3.8) is 0 Å². The third-order valence-electron chi connectivity index (χ3n) is 5.61. The van der Waals surface area contributed by atoms with Crippen molar-refractivity contribution in [1.82, 2.24) is 10.2 Å². The van der Waals surface area contributed by atoms with Crippen LogP contribution in [0.1, 0.15) is 34.3 Å². The summed E-state index contributed by atoms with van der Waals surface area (Å²) in [6.07, 6.45) is 2.28. The second kappa shape index (κ2) is 10.6. The van der Waals surface area contributed by atoms with E-state index in [4.69, 9.17) is 14.2 Å². The fourth-order valence-electron chi connectivity index (χ4n) is 3.85. The Kier molecular flexibility index (Phi) is 7.34. The van der Waals surface area contributed by atoms with Crippen molar-refractivity contribution in [2.75, 3.05) is 39.5 Å². The largest absolute Gasteiger partial charge is 0.491 e. The topological polar surface area (TPSA) is 60.0 Å². The van der Waals surface area contributed by atoms with Gasteiger partial charge in [-0.25, -0.2) is 0 Å². The van der Waals surface area contributed by atoms with Gasteiger partial charge in [0.15, 0.2) is 0 Å². The molecular weight excluding hydrogens is 380 g/mol. The molecule has 2 heterocycles. The van der Waals surface area contributed by atoms with E-state index in [2.05, 4.69) is 28.4 Å². The standard InChI is InChI=1S/C24H30N2O4/c27-24(19-7-3-8-22(15-19)30-18-23-9-4-12-29-23)25-16-20-5-1-2-6-21(20)17-26-10-13-28-14-11-26/h1-3,5-8,15,23H,4,9-14,16-18H2,(H,25,27)/t23-/m0/s1. The Hall–Kier alpha value is -2.41. The normalized spacial score (nSPS) is 19.5. The third kappa shape index (κ3) is 5.81. The first-order valence-electron chi connectivity index (χ1n) is 10.8. The molecule has 2 fully saturated rings. The van der Waals surface area contributed by atoms with Crippen molar-refractivity contribution >= 4 is 5.91 Å². The molecule has 4 rings (SSSR count). The highest BCUT2D eigenvalue weighted by atomic mass is 16.5. The van der Waals surface area contributed by atoms with E-state index in [-0.39, 0.29) is 12.0 Å². The van der Waals surface area contributed by atoms with Gasteiger partial charge in [0.1, 0.15) is 12.4 Å². The van der Waals surface area contributed by atoms with Crippen LogP contribution < -0.4 is 10.1 Å². The first-order chi connectivity index (χ1) is 14.8. The van der Waals surface area contributed by atoms with E-state index < -0.39 is 0 Å². The van der Waals surface area contributed by atoms with Crippen LogP contribution >= 0.6 is 0 Å². The van der Waals surface area contributed by atoms with E-state index >= 15 is 0 Å². The predicted octanol–water partition coefficient (Wildman–Crippen LogP) is 3.01. The van der Waals surface area contributed by atoms with Crippen molar-refractivity contribution in [3.05, 3.63) is 65.2 Å². The number of hydrogen-bond acceptors (Lipinski definition) is 5. The van der Waals surface area contributed by atoms with E-state index in [1.165, 1.54) is 5.56 Å². The lowest BCUT2D eigenvalue weighted by Crippen LogP contribution is -2.36. The van der Waals surface area contributed by atoms with Crippen LogP contribution in [0.2, 0.25) is 0 Å². The van der Waals surface area contributed by atoms with Crippen LogP contribution in [0.5, 0.6) is 5.75 Å². The lowest BCUT2D eigenvalue weighted by atomic mass is 10.1. The highest BCUT2D eigenvalue weighted by molar-refractivity contribution is 5.94. The van der Waals surface area contributed by atoms with Gasteiger partial charge in [0.05, 0.1) is 19.3 Å². The highest BCUT2D eigenvalue weighted by Gasteiger charge is 2.17. The third-order valence-corrected chi connectivity index (χ3v) is 5.61. The molecule has 0 bridgehead atoms. The molecule has 1 amide bonds. The molecule has 0 unspecified atom stereocenters. The zero-order chi connectivity index (χ0) is 20.6. The Bertz CT molecular complexity index is 829. The van der Waals surface area contributed by atoms with Crippen LogP contribution in [-0.2, 0) is 22.6 Å². The van der Waals surface area contributed by atoms with Crippen LogP contribution in [-0.4, -0.2) is 56.4 Å². The second-order valence-corrected chi connectivity index (χ2v) is 7.81. The van der Waals surface area contributed by atoms with Crippen LogP contribution in [0.3, 0.4) is 0 Å². The van der Waals surface area contributed by atoms with E-state index in [1.807, 2.05) is 24.3 Å². The number of nitrogens with zero attached hydrogens (tertiary/aromatic N) is 1. The summed E-state index contributed by atoms with van der Waals surface area (Å²) in [6, 6.07) is 15.6. The minimum absolute atomic E-state index is 0.0984. The molecule has 2 aliphatic heterocycles. The van der Waals surface area contributed by atoms with E-state index in [9.17, 15) is 4.79 Å². The maximum absolute atomic E-state index is 12.7. The summed E-state index contributed by atoms with van der Waals surface area (Å²) in [4.78, 5) is 15.1. The van der Waals surface area contributed by atoms with Crippen LogP contribution in [0, 0.1) is 0 Å². The predicted molar refractivity (Wildman–Crippen MR) is 115 cm³/mol. The maximum Gasteiger partial charge on any atom is 0.251 e. The van der Waals surface area contributed by atoms with Gasteiger partial charge in [-0.2, -0.15) is 0 Å². The van der Waals surface area contributed by atoms with Crippen LogP contribution in [0.4, 0.5) is 0 Å². The van der Waals surface area contributed by atoms with Crippen molar-refractivity contribution in [2.45, 2.75) is 32.0 Å². The van der Waals surface area contributed by atoms with Crippen molar-refractivity contribution in [2.24, 2.45) is 0 Å². The molecule has 0 saturated carbocycles. The fraction of sp³-hybridized carbons (Fsp3) is 0.458. The van der Waals surface area contributed by atoms with Gasteiger partial charge in [0.2, 0.25) is 0 Å². The molecular formula is C24H30N2O4. The first-order valence-corrected chi connectivity index (χ1v) is 10.8. The minimum atomic E-state index is -0.0984.